The van der Waals surface area contributed by atoms with Crippen LogP contribution in [0, 0.1) is 0 Å². The van der Waals surface area contributed by atoms with Gasteiger partial charge in [-0.3, -0.25) is 0 Å². The molecule has 0 spiro atoms. The lowest BCUT2D eigenvalue weighted by Gasteiger charge is -2.08. The summed E-state index contributed by atoms with van der Waals surface area (Å²) in [6.07, 6.45) is 3.18. The number of carbonyl (C=O) groups is 1. The van der Waals surface area contributed by atoms with E-state index in [0.717, 1.165) is 17.5 Å². The topological polar surface area (TPSA) is 83.7 Å². The molecule has 3 aromatic rings. The molecule has 7 nitrogen and oxygen atoms in total. The van der Waals surface area contributed by atoms with Gasteiger partial charge < -0.3 is 18.6 Å². The molecule has 0 saturated carbocycles. The molecule has 0 aliphatic carbocycles. The first kappa shape index (κ1) is 18.7. The smallest absolute Gasteiger partial charge is 0.331 e. The van der Waals surface area contributed by atoms with Crippen molar-refractivity contribution < 1.29 is 23.4 Å². The standard InChI is InChI=1S/C22H20N2O5/c1-15(21-23-24-22(29-21)17-6-3-2-4-7-17)28-20(25)11-9-16-8-10-18-19(14-16)27-13-5-12-26-18/h2-4,6-11,14-15H,5,12-13H2,1H3/b11-9+/t15-/m0/s1. The van der Waals surface area contributed by atoms with Gasteiger partial charge in [-0.1, -0.05) is 24.3 Å². The number of benzene rings is 2. The molecule has 0 saturated heterocycles. The first-order valence-corrected chi connectivity index (χ1v) is 9.36. The van der Waals surface area contributed by atoms with E-state index < -0.39 is 12.1 Å². The van der Waals surface area contributed by atoms with Gasteiger partial charge in [0.1, 0.15) is 0 Å². The molecule has 0 N–H and O–H groups in total. The Hall–Kier alpha value is -3.61. The maximum atomic E-state index is 12.2. The Morgan fingerprint density at radius 2 is 1.86 bits per heavy atom. The summed E-state index contributed by atoms with van der Waals surface area (Å²) in [5, 5.41) is 7.98. The number of fused-ring (bicyclic) bond motifs is 1. The summed E-state index contributed by atoms with van der Waals surface area (Å²) in [6, 6.07) is 14.9. The molecule has 1 aromatic heterocycles. The van der Waals surface area contributed by atoms with E-state index in [2.05, 4.69) is 10.2 Å². The van der Waals surface area contributed by atoms with Crippen LogP contribution in [0.3, 0.4) is 0 Å². The Labute approximate surface area is 167 Å². The van der Waals surface area contributed by atoms with E-state index in [0.29, 0.717) is 30.6 Å². The van der Waals surface area contributed by atoms with Crippen LogP contribution in [-0.2, 0) is 9.53 Å². The van der Waals surface area contributed by atoms with Gasteiger partial charge in [-0.05, 0) is 42.8 Å². The highest BCUT2D eigenvalue weighted by atomic mass is 16.6. The first-order valence-electron chi connectivity index (χ1n) is 9.36. The summed E-state index contributed by atoms with van der Waals surface area (Å²) in [5.74, 6) is 1.49. The monoisotopic (exact) mass is 392 g/mol. The van der Waals surface area contributed by atoms with Gasteiger partial charge in [0.05, 0.1) is 13.2 Å². The number of nitrogens with zero attached hydrogens (tertiary/aromatic N) is 2. The first-order chi connectivity index (χ1) is 14.2. The van der Waals surface area contributed by atoms with Gasteiger partial charge in [-0.25, -0.2) is 4.79 Å². The minimum atomic E-state index is -0.666. The molecule has 0 bridgehead atoms. The minimum Gasteiger partial charge on any atom is -0.490 e. The molecule has 2 heterocycles. The SMILES string of the molecule is C[C@H](OC(=O)/C=C/c1ccc2c(c1)OCCCO2)c1nnc(-c2ccccc2)o1. The van der Waals surface area contributed by atoms with Gasteiger partial charge in [0.2, 0.25) is 5.89 Å². The lowest BCUT2D eigenvalue weighted by atomic mass is 10.2. The number of ether oxygens (including phenoxy) is 3. The van der Waals surface area contributed by atoms with Crippen molar-refractivity contribution in [3.8, 4) is 23.0 Å². The van der Waals surface area contributed by atoms with E-state index in [1.165, 1.54) is 6.08 Å². The van der Waals surface area contributed by atoms with Crippen LogP contribution in [0.2, 0.25) is 0 Å². The predicted molar refractivity (Wildman–Crippen MR) is 105 cm³/mol. The normalized spacial score (nSPS) is 14.4. The van der Waals surface area contributed by atoms with Crippen LogP contribution in [0.15, 0.2) is 59.0 Å². The van der Waals surface area contributed by atoms with E-state index in [4.69, 9.17) is 18.6 Å². The van der Waals surface area contributed by atoms with Crippen molar-refractivity contribution in [1.29, 1.82) is 0 Å². The summed E-state index contributed by atoms with van der Waals surface area (Å²) in [6.45, 7) is 2.92. The Morgan fingerprint density at radius 1 is 1.07 bits per heavy atom. The van der Waals surface area contributed by atoms with Crippen LogP contribution in [0.4, 0.5) is 0 Å². The second-order valence-electron chi connectivity index (χ2n) is 6.48. The van der Waals surface area contributed by atoms with Crippen LogP contribution in [-0.4, -0.2) is 29.4 Å². The quantitative estimate of drug-likeness (QED) is 0.475. The van der Waals surface area contributed by atoms with E-state index in [1.54, 1.807) is 13.0 Å². The third-order valence-electron chi connectivity index (χ3n) is 4.29. The fourth-order valence-electron chi connectivity index (χ4n) is 2.81. The second kappa shape index (κ2) is 8.60. The summed E-state index contributed by atoms with van der Waals surface area (Å²) >= 11 is 0. The van der Waals surface area contributed by atoms with Gasteiger partial charge in [-0.2, -0.15) is 0 Å². The minimum absolute atomic E-state index is 0.237. The van der Waals surface area contributed by atoms with Crippen LogP contribution in [0.1, 0.15) is 30.9 Å². The number of esters is 1. The summed E-state index contributed by atoms with van der Waals surface area (Å²) in [5.41, 5.74) is 1.61. The Bertz CT molecular complexity index is 1010. The van der Waals surface area contributed by atoms with Crippen LogP contribution < -0.4 is 9.47 Å². The summed E-state index contributed by atoms with van der Waals surface area (Å²) < 4.78 is 22.2. The summed E-state index contributed by atoms with van der Waals surface area (Å²) in [7, 11) is 0. The zero-order valence-corrected chi connectivity index (χ0v) is 15.9. The molecule has 0 amide bonds. The zero-order chi connectivity index (χ0) is 20.1. The highest BCUT2D eigenvalue weighted by molar-refractivity contribution is 5.87. The lowest BCUT2D eigenvalue weighted by molar-refractivity contribution is -0.143. The molecule has 7 heteroatoms. The van der Waals surface area contributed by atoms with Gasteiger partial charge >= 0.3 is 5.97 Å². The van der Waals surface area contributed by atoms with Crippen LogP contribution >= 0.6 is 0 Å². The molecule has 0 fully saturated rings. The third kappa shape index (κ3) is 4.63. The van der Waals surface area contributed by atoms with Gasteiger partial charge in [0.25, 0.3) is 5.89 Å². The van der Waals surface area contributed by atoms with Crippen molar-refractivity contribution in [3.63, 3.8) is 0 Å². The van der Waals surface area contributed by atoms with Gasteiger partial charge in [0, 0.05) is 18.1 Å². The summed E-state index contributed by atoms with van der Waals surface area (Å²) in [4.78, 5) is 12.2. The Kier molecular flexibility index (Phi) is 5.56. The maximum absolute atomic E-state index is 12.2. The van der Waals surface area contributed by atoms with Gasteiger partial charge in [-0.15, -0.1) is 10.2 Å². The lowest BCUT2D eigenvalue weighted by Crippen LogP contribution is -2.06. The highest BCUT2D eigenvalue weighted by Gasteiger charge is 2.18. The predicted octanol–water partition coefficient (Wildman–Crippen LogP) is 4.22. The van der Waals surface area contributed by atoms with E-state index in [9.17, 15) is 4.79 Å². The number of carbonyl (C=O) groups excluding carboxylic acids is 1. The van der Waals surface area contributed by atoms with E-state index >= 15 is 0 Å². The number of hydrogen-bond donors (Lipinski definition) is 0. The van der Waals surface area contributed by atoms with E-state index in [1.807, 2.05) is 48.5 Å². The van der Waals surface area contributed by atoms with Crippen LogP contribution in [0.25, 0.3) is 17.5 Å². The molecule has 0 unspecified atom stereocenters. The third-order valence-corrected chi connectivity index (χ3v) is 4.29. The average molecular weight is 392 g/mol. The van der Waals surface area contributed by atoms with Crippen molar-refractivity contribution in [2.45, 2.75) is 19.4 Å². The molecular formula is C22H20N2O5. The van der Waals surface area contributed by atoms with E-state index in [-0.39, 0.29) is 5.89 Å². The molecular weight excluding hydrogens is 372 g/mol. The molecule has 1 aliphatic heterocycles. The average Bonchev–Trinajstić information content (AvgIpc) is 3.13. The molecule has 1 aliphatic rings. The van der Waals surface area contributed by atoms with Crippen molar-refractivity contribution >= 4 is 12.0 Å². The fourth-order valence-corrected chi connectivity index (χ4v) is 2.81. The highest BCUT2D eigenvalue weighted by Crippen LogP contribution is 2.31. The zero-order valence-electron chi connectivity index (χ0n) is 15.9. The largest absolute Gasteiger partial charge is 0.490 e. The van der Waals surface area contributed by atoms with Crippen molar-refractivity contribution in [1.82, 2.24) is 10.2 Å². The molecule has 4 rings (SSSR count). The molecule has 2 aromatic carbocycles. The number of aromatic nitrogens is 2. The van der Waals surface area contributed by atoms with Crippen molar-refractivity contribution in [3.05, 3.63) is 66.1 Å². The number of rotatable bonds is 5. The Morgan fingerprint density at radius 3 is 2.69 bits per heavy atom. The Balaban J connectivity index is 1.38. The van der Waals surface area contributed by atoms with Gasteiger partial charge in [0.15, 0.2) is 17.6 Å². The van der Waals surface area contributed by atoms with Crippen LogP contribution in [0.5, 0.6) is 11.5 Å². The maximum Gasteiger partial charge on any atom is 0.331 e. The fraction of sp³-hybridized carbons (Fsp3) is 0.227. The van der Waals surface area contributed by atoms with Crippen molar-refractivity contribution in [2.24, 2.45) is 0 Å². The molecule has 148 valence electrons. The molecule has 0 radical (unpaired) electrons. The second-order valence-corrected chi connectivity index (χ2v) is 6.48. The molecule has 1 atom stereocenters. The van der Waals surface area contributed by atoms with Crippen molar-refractivity contribution in [2.75, 3.05) is 13.2 Å². The molecule has 29 heavy (non-hydrogen) atoms. The number of hydrogen-bond acceptors (Lipinski definition) is 7.